The molecule has 1 amide bonds. The van der Waals surface area contributed by atoms with E-state index in [-0.39, 0.29) is 6.42 Å². The van der Waals surface area contributed by atoms with E-state index in [9.17, 15) is 50.0 Å². The van der Waals surface area contributed by atoms with E-state index < -0.39 is 75.2 Å². The number of rotatable bonds is 40. The van der Waals surface area contributed by atoms with E-state index in [0.717, 1.165) is 51.4 Å². The zero-order valence-corrected chi connectivity index (χ0v) is 39.0. The summed E-state index contributed by atoms with van der Waals surface area (Å²) in [7, 11) is -5.14. The summed E-state index contributed by atoms with van der Waals surface area (Å²) >= 11 is 0. The molecule has 0 aromatic heterocycles. The Morgan fingerprint density at radius 2 is 0.951 bits per heavy atom. The summed E-state index contributed by atoms with van der Waals surface area (Å²) < 4.78 is 22.9. The molecule has 0 radical (unpaired) electrons. The lowest BCUT2D eigenvalue weighted by Crippen LogP contribution is -2.64. The third-order valence-electron chi connectivity index (χ3n) is 11.8. The lowest BCUT2D eigenvalue weighted by molar-refractivity contribution is -0.220. The monoisotopic (exact) mass is 892 g/mol. The summed E-state index contributed by atoms with van der Waals surface area (Å²) in [4.78, 5) is 23.4. The molecule has 61 heavy (non-hydrogen) atoms. The average molecular weight is 892 g/mol. The second-order valence-corrected chi connectivity index (χ2v) is 18.9. The fourth-order valence-electron chi connectivity index (χ4n) is 7.76. The van der Waals surface area contributed by atoms with Crippen LogP contribution in [-0.2, 0) is 18.4 Å². The summed E-state index contributed by atoms with van der Waals surface area (Å²) in [6, 6.07) is -1.24. The molecule has 14 heteroatoms. The number of aliphatic hydroxyl groups excluding tert-OH is 7. The molecule has 0 heterocycles. The van der Waals surface area contributed by atoms with Crippen molar-refractivity contribution in [3.05, 3.63) is 24.3 Å². The van der Waals surface area contributed by atoms with E-state index in [2.05, 4.69) is 31.3 Å². The van der Waals surface area contributed by atoms with Crippen molar-refractivity contribution >= 4 is 13.7 Å². The summed E-state index contributed by atoms with van der Waals surface area (Å²) in [6.45, 7) is 3.71. The van der Waals surface area contributed by atoms with Gasteiger partial charge in [0, 0.05) is 0 Å². The first kappa shape index (κ1) is 57.8. The van der Waals surface area contributed by atoms with E-state index in [0.29, 0.717) is 12.8 Å². The van der Waals surface area contributed by atoms with Crippen LogP contribution in [0.15, 0.2) is 24.3 Å². The Morgan fingerprint density at radius 3 is 1.43 bits per heavy atom. The van der Waals surface area contributed by atoms with Gasteiger partial charge in [-0.15, -0.1) is 0 Å². The van der Waals surface area contributed by atoms with Crippen LogP contribution in [0.5, 0.6) is 0 Å². The van der Waals surface area contributed by atoms with E-state index in [4.69, 9.17) is 9.05 Å². The Hall–Kier alpha value is -1.22. The van der Waals surface area contributed by atoms with Crippen molar-refractivity contribution in [3.63, 3.8) is 0 Å². The predicted octanol–water partition coefficient (Wildman–Crippen LogP) is 8.37. The Morgan fingerprint density at radius 1 is 0.574 bits per heavy atom. The van der Waals surface area contributed by atoms with Gasteiger partial charge in [0.05, 0.1) is 31.3 Å². The minimum absolute atomic E-state index is 0.254. The van der Waals surface area contributed by atoms with Gasteiger partial charge in [0.25, 0.3) is 0 Å². The summed E-state index contributed by atoms with van der Waals surface area (Å²) in [5.41, 5.74) is 0. The molecule has 0 saturated heterocycles. The van der Waals surface area contributed by atoms with Crippen molar-refractivity contribution in [3.8, 4) is 0 Å². The Balaban J connectivity index is 2.50. The van der Waals surface area contributed by atoms with Gasteiger partial charge in [0.2, 0.25) is 5.91 Å². The summed E-state index contributed by atoms with van der Waals surface area (Å²) in [5, 5.41) is 74.4. The van der Waals surface area contributed by atoms with Crippen molar-refractivity contribution < 1.29 is 59.0 Å². The number of nitrogens with one attached hydrogen (secondary N) is 1. The molecule has 360 valence electrons. The normalized spacial score (nSPS) is 23.4. The highest BCUT2D eigenvalue weighted by Gasteiger charge is 2.51. The molecular formula is C47H90NO12P. The van der Waals surface area contributed by atoms with Crippen LogP contribution >= 0.6 is 7.82 Å². The second kappa shape index (κ2) is 37.0. The van der Waals surface area contributed by atoms with E-state index in [1.807, 2.05) is 0 Å². The number of carbonyl (C=O) groups excluding carboxylic acids is 1. The number of allylic oxidation sites excluding steroid dienone is 3. The molecule has 0 aromatic rings. The molecule has 1 fully saturated rings. The van der Waals surface area contributed by atoms with Gasteiger partial charge in [0.15, 0.2) is 0 Å². The van der Waals surface area contributed by atoms with Crippen LogP contribution in [0.2, 0.25) is 0 Å². The Labute approximate surface area is 369 Å². The van der Waals surface area contributed by atoms with Crippen LogP contribution in [0.25, 0.3) is 0 Å². The first-order valence-electron chi connectivity index (χ1n) is 24.4. The fraction of sp³-hybridized carbons (Fsp3) is 0.894. The van der Waals surface area contributed by atoms with Crippen LogP contribution in [0.3, 0.4) is 0 Å². The smallest absolute Gasteiger partial charge is 0.393 e. The van der Waals surface area contributed by atoms with Gasteiger partial charge >= 0.3 is 7.82 Å². The molecule has 9 N–H and O–H groups in total. The fourth-order valence-corrected chi connectivity index (χ4v) is 8.73. The SMILES string of the molecule is CCCCC/C=C\CCCCCC(O)CC(=O)NC(COP(=O)(O)OC1C(O)C(O)C(O)C(O)C1O)C(O)/C=C/CCCCCCCCCCCCCCCCCCCCC. The first-order chi connectivity index (χ1) is 29.3. The molecular weight excluding hydrogens is 801 g/mol. The minimum atomic E-state index is -5.14. The van der Waals surface area contributed by atoms with Crippen molar-refractivity contribution in [2.45, 2.75) is 261 Å². The molecule has 13 nitrogen and oxygen atoms in total. The summed E-state index contributed by atoms with van der Waals surface area (Å²) in [5.74, 6) is -0.602. The van der Waals surface area contributed by atoms with Gasteiger partial charge in [-0.3, -0.25) is 13.8 Å². The van der Waals surface area contributed by atoms with Gasteiger partial charge in [0.1, 0.15) is 36.6 Å². The Bertz CT molecular complexity index is 1140. The highest BCUT2D eigenvalue weighted by molar-refractivity contribution is 7.47. The van der Waals surface area contributed by atoms with Gasteiger partial charge in [-0.1, -0.05) is 179 Å². The molecule has 0 aromatic carbocycles. The molecule has 1 rings (SSSR count). The zero-order valence-electron chi connectivity index (χ0n) is 38.1. The number of phosphoric ester groups is 1. The molecule has 0 aliphatic heterocycles. The van der Waals surface area contributed by atoms with Crippen molar-refractivity contribution in [2.75, 3.05) is 6.61 Å². The van der Waals surface area contributed by atoms with Crippen molar-refractivity contribution in [1.82, 2.24) is 5.32 Å². The maximum atomic E-state index is 13.0. The van der Waals surface area contributed by atoms with Gasteiger partial charge in [-0.25, -0.2) is 4.57 Å². The van der Waals surface area contributed by atoms with Gasteiger partial charge in [-0.2, -0.15) is 0 Å². The quantitative estimate of drug-likeness (QED) is 0.0161. The number of aliphatic hydroxyl groups is 7. The maximum absolute atomic E-state index is 13.0. The number of phosphoric acid groups is 1. The molecule has 0 bridgehead atoms. The van der Waals surface area contributed by atoms with Crippen LogP contribution < -0.4 is 5.32 Å². The maximum Gasteiger partial charge on any atom is 0.472 e. The standard InChI is InChI=1S/C47H90NO12P/c1-3-5-7-9-11-13-15-16-17-18-19-20-21-22-23-24-25-27-29-31-33-35-40(50)39(37-59-61(57,58)60-47-45(55)43(53)42(52)44(54)46(47)56)48-41(51)36-38(49)34-32-30-28-26-14-12-10-8-6-4-2/h12,14,33,35,38-40,42-47,49-50,52-56H,3-11,13,15-32,34,36-37H2,1-2H3,(H,48,51)(H,57,58)/b14-12-,35-33+. The lowest BCUT2D eigenvalue weighted by Gasteiger charge is -2.41. The van der Waals surface area contributed by atoms with E-state index >= 15 is 0 Å². The zero-order chi connectivity index (χ0) is 45.1. The summed E-state index contributed by atoms with van der Waals surface area (Å²) in [6.07, 6.45) is 27.1. The number of unbranched alkanes of at least 4 members (excludes halogenated alkanes) is 25. The third kappa shape index (κ3) is 29.0. The largest absolute Gasteiger partial charge is 0.472 e. The van der Waals surface area contributed by atoms with Gasteiger partial charge in [-0.05, 0) is 44.9 Å². The number of carbonyl (C=O) groups is 1. The molecule has 1 saturated carbocycles. The average Bonchev–Trinajstić information content (AvgIpc) is 3.23. The third-order valence-corrected chi connectivity index (χ3v) is 12.8. The van der Waals surface area contributed by atoms with Crippen molar-refractivity contribution in [1.29, 1.82) is 0 Å². The minimum Gasteiger partial charge on any atom is -0.393 e. The van der Waals surface area contributed by atoms with E-state index in [1.165, 1.54) is 128 Å². The number of amides is 1. The highest BCUT2D eigenvalue weighted by Crippen LogP contribution is 2.47. The van der Waals surface area contributed by atoms with Crippen LogP contribution in [-0.4, -0.2) is 108 Å². The predicted molar refractivity (Wildman–Crippen MR) is 243 cm³/mol. The van der Waals surface area contributed by atoms with Gasteiger partial charge < -0.3 is 46.0 Å². The van der Waals surface area contributed by atoms with Crippen molar-refractivity contribution in [2.24, 2.45) is 0 Å². The first-order valence-corrected chi connectivity index (χ1v) is 25.9. The molecule has 8 atom stereocenters. The molecule has 1 aliphatic carbocycles. The van der Waals surface area contributed by atoms with E-state index in [1.54, 1.807) is 6.08 Å². The van der Waals surface area contributed by atoms with Crippen LogP contribution in [0.1, 0.15) is 206 Å². The molecule has 8 unspecified atom stereocenters. The second-order valence-electron chi connectivity index (χ2n) is 17.5. The highest BCUT2D eigenvalue weighted by atomic mass is 31.2. The number of hydrogen-bond acceptors (Lipinski definition) is 11. The van der Waals surface area contributed by atoms with Crippen LogP contribution in [0, 0.1) is 0 Å². The lowest BCUT2D eigenvalue weighted by atomic mass is 9.85. The Kier molecular flexibility index (Phi) is 35.1. The molecule has 0 spiro atoms. The number of hydrogen-bond donors (Lipinski definition) is 9. The topological polar surface area (TPSA) is 226 Å². The molecule has 1 aliphatic rings. The van der Waals surface area contributed by atoms with Crippen LogP contribution in [0.4, 0.5) is 0 Å².